The summed E-state index contributed by atoms with van der Waals surface area (Å²) < 4.78 is 47.3. The Morgan fingerprint density at radius 3 is 2.32 bits per heavy atom. The van der Waals surface area contributed by atoms with E-state index < -0.39 is 25.8 Å². The predicted octanol–water partition coefficient (Wildman–Crippen LogP) is -0.203. The average molecular weight is 328 g/mol. The molecule has 19 heavy (non-hydrogen) atoms. The SMILES string of the molecule is Cc1c(N)cc(S(=O)(=O)NCCS(N)(=O)=O)cc1Cl. The molecule has 0 atom stereocenters. The molecule has 0 aliphatic rings. The van der Waals surface area contributed by atoms with Gasteiger partial charge >= 0.3 is 0 Å². The molecule has 0 radical (unpaired) electrons. The normalized spacial score (nSPS) is 12.6. The minimum absolute atomic E-state index is 0.130. The molecule has 5 N–H and O–H groups in total. The second-order valence-corrected chi connectivity index (χ2v) is 7.79. The Kier molecular flexibility index (Phi) is 4.80. The summed E-state index contributed by atoms with van der Waals surface area (Å²) in [6.07, 6.45) is 0. The van der Waals surface area contributed by atoms with Crippen LogP contribution in [-0.2, 0) is 20.0 Å². The van der Waals surface area contributed by atoms with Crippen LogP contribution in [0.2, 0.25) is 5.02 Å². The molecule has 0 aromatic heterocycles. The minimum Gasteiger partial charge on any atom is -0.398 e. The fraction of sp³-hybridized carbons (Fsp3) is 0.333. The van der Waals surface area contributed by atoms with Crippen molar-refractivity contribution in [3.8, 4) is 0 Å². The highest BCUT2D eigenvalue weighted by atomic mass is 35.5. The number of halogens is 1. The number of anilines is 1. The van der Waals surface area contributed by atoms with Crippen molar-refractivity contribution in [2.75, 3.05) is 18.0 Å². The summed E-state index contributed by atoms with van der Waals surface area (Å²) in [5.41, 5.74) is 6.43. The molecule has 0 unspecified atom stereocenters. The maximum Gasteiger partial charge on any atom is 0.240 e. The lowest BCUT2D eigenvalue weighted by molar-refractivity contribution is 0.581. The lowest BCUT2D eigenvalue weighted by Crippen LogP contribution is -2.31. The zero-order chi connectivity index (χ0) is 14.8. The van der Waals surface area contributed by atoms with Gasteiger partial charge in [0, 0.05) is 17.3 Å². The monoisotopic (exact) mass is 327 g/mol. The van der Waals surface area contributed by atoms with E-state index in [9.17, 15) is 16.8 Å². The molecular weight excluding hydrogens is 314 g/mol. The number of hydrogen-bond donors (Lipinski definition) is 3. The van der Waals surface area contributed by atoms with Crippen LogP contribution in [0.1, 0.15) is 5.56 Å². The number of rotatable bonds is 5. The van der Waals surface area contributed by atoms with Gasteiger partial charge in [0.1, 0.15) is 0 Å². The first-order valence-electron chi connectivity index (χ1n) is 5.09. The molecule has 10 heteroatoms. The van der Waals surface area contributed by atoms with Crippen LogP contribution in [0.4, 0.5) is 5.69 Å². The Balaban J connectivity index is 2.95. The quantitative estimate of drug-likeness (QED) is 0.644. The first-order chi connectivity index (χ1) is 8.53. The van der Waals surface area contributed by atoms with Crippen LogP contribution in [-0.4, -0.2) is 29.1 Å². The standard InChI is InChI=1S/C9H14ClN3O4S2/c1-6-8(10)4-7(5-9(6)11)19(16,17)13-2-3-18(12,14)15/h4-5,13H,2-3,11H2,1H3,(H2,12,14,15). The van der Waals surface area contributed by atoms with Gasteiger partial charge in [0.05, 0.1) is 10.6 Å². The van der Waals surface area contributed by atoms with Crippen LogP contribution in [0.25, 0.3) is 0 Å². The average Bonchev–Trinajstić information content (AvgIpc) is 2.22. The lowest BCUT2D eigenvalue weighted by Gasteiger charge is -2.09. The molecule has 0 aliphatic heterocycles. The number of nitrogen functional groups attached to an aromatic ring is 1. The summed E-state index contributed by atoms with van der Waals surface area (Å²) >= 11 is 5.84. The van der Waals surface area contributed by atoms with Gasteiger partial charge in [-0.3, -0.25) is 0 Å². The fourth-order valence-electron chi connectivity index (χ4n) is 1.23. The van der Waals surface area contributed by atoms with Gasteiger partial charge in [-0.1, -0.05) is 11.6 Å². The Morgan fingerprint density at radius 2 is 1.84 bits per heavy atom. The molecule has 0 saturated carbocycles. The fourth-order valence-corrected chi connectivity index (χ4v) is 3.13. The molecule has 0 saturated heterocycles. The van der Waals surface area contributed by atoms with E-state index >= 15 is 0 Å². The summed E-state index contributed by atoms with van der Waals surface area (Å²) in [7, 11) is -7.61. The topological polar surface area (TPSA) is 132 Å². The molecule has 0 fully saturated rings. The van der Waals surface area contributed by atoms with E-state index in [-0.39, 0.29) is 22.2 Å². The second kappa shape index (κ2) is 5.63. The molecular formula is C9H14ClN3O4S2. The number of nitrogens with one attached hydrogen (secondary N) is 1. The van der Waals surface area contributed by atoms with E-state index in [1.807, 2.05) is 0 Å². The van der Waals surface area contributed by atoms with Gasteiger partial charge in [-0.2, -0.15) is 0 Å². The molecule has 1 aromatic carbocycles. The van der Waals surface area contributed by atoms with Crippen molar-refractivity contribution in [3.05, 3.63) is 22.7 Å². The number of benzene rings is 1. The highest BCUT2D eigenvalue weighted by Crippen LogP contribution is 2.25. The number of primary sulfonamides is 1. The van der Waals surface area contributed by atoms with Crippen molar-refractivity contribution in [1.82, 2.24) is 4.72 Å². The number of sulfonamides is 2. The van der Waals surface area contributed by atoms with Crippen LogP contribution in [0.5, 0.6) is 0 Å². The minimum atomic E-state index is -3.88. The van der Waals surface area contributed by atoms with Crippen LogP contribution >= 0.6 is 11.6 Å². The number of hydrogen-bond acceptors (Lipinski definition) is 5. The van der Waals surface area contributed by atoms with Gasteiger partial charge in [0.15, 0.2) is 0 Å². The van der Waals surface area contributed by atoms with Gasteiger partial charge in [0.25, 0.3) is 0 Å². The van der Waals surface area contributed by atoms with Crippen molar-refractivity contribution in [1.29, 1.82) is 0 Å². The van der Waals surface area contributed by atoms with Crippen molar-refractivity contribution in [2.45, 2.75) is 11.8 Å². The molecule has 0 aliphatic carbocycles. The van der Waals surface area contributed by atoms with Crippen molar-refractivity contribution < 1.29 is 16.8 Å². The molecule has 1 rings (SSSR count). The predicted molar refractivity (Wildman–Crippen MR) is 73.8 cm³/mol. The number of nitrogens with two attached hydrogens (primary N) is 2. The highest BCUT2D eigenvalue weighted by Gasteiger charge is 2.17. The molecule has 7 nitrogen and oxygen atoms in total. The summed E-state index contributed by atoms with van der Waals surface area (Å²) in [4.78, 5) is -0.130. The van der Waals surface area contributed by atoms with E-state index in [1.165, 1.54) is 12.1 Å². The van der Waals surface area contributed by atoms with Crippen molar-refractivity contribution >= 4 is 37.3 Å². The third-order valence-electron chi connectivity index (χ3n) is 2.35. The van der Waals surface area contributed by atoms with E-state index in [2.05, 4.69) is 4.72 Å². The van der Waals surface area contributed by atoms with Crippen molar-refractivity contribution in [3.63, 3.8) is 0 Å². The van der Waals surface area contributed by atoms with Crippen LogP contribution in [0.3, 0.4) is 0 Å². The summed E-state index contributed by atoms with van der Waals surface area (Å²) in [5, 5.41) is 4.98. The first-order valence-corrected chi connectivity index (χ1v) is 8.66. The highest BCUT2D eigenvalue weighted by molar-refractivity contribution is 7.90. The lowest BCUT2D eigenvalue weighted by atomic mass is 10.2. The van der Waals surface area contributed by atoms with Gasteiger partial charge < -0.3 is 5.73 Å². The zero-order valence-electron chi connectivity index (χ0n) is 10.1. The molecule has 1 aromatic rings. The van der Waals surface area contributed by atoms with Gasteiger partial charge in [-0.15, -0.1) is 0 Å². The Hall–Kier alpha value is -0.870. The summed E-state index contributed by atoms with van der Waals surface area (Å²) in [6, 6.07) is 2.49. The van der Waals surface area contributed by atoms with Crippen LogP contribution in [0.15, 0.2) is 17.0 Å². The molecule has 0 spiro atoms. The van der Waals surface area contributed by atoms with Crippen LogP contribution < -0.4 is 15.6 Å². The third-order valence-corrected chi connectivity index (χ3v) is 4.95. The van der Waals surface area contributed by atoms with E-state index in [1.54, 1.807) is 6.92 Å². The maximum absolute atomic E-state index is 11.9. The Labute approximate surface area is 117 Å². The van der Waals surface area contributed by atoms with E-state index in [0.29, 0.717) is 5.56 Å². The van der Waals surface area contributed by atoms with Crippen LogP contribution in [0, 0.1) is 6.92 Å². The van der Waals surface area contributed by atoms with E-state index in [0.717, 1.165) is 0 Å². The Bertz CT molecular complexity index is 662. The van der Waals surface area contributed by atoms with Gasteiger partial charge in [-0.25, -0.2) is 26.7 Å². The molecule has 0 heterocycles. The maximum atomic E-state index is 11.9. The first kappa shape index (κ1) is 16.2. The second-order valence-electron chi connectivity index (χ2n) is 3.88. The van der Waals surface area contributed by atoms with Gasteiger partial charge in [0.2, 0.25) is 20.0 Å². The zero-order valence-corrected chi connectivity index (χ0v) is 12.4. The van der Waals surface area contributed by atoms with Gasteiger partial charge in [-0.05, 0) is 24.6 Å². The smallest absolute Gasteiger partial charge is 0.240 e. The largest absolute Gasteiger partial charge is 0.398 e. The summed E-state index contributed by atoms with van der Waals surface area (Å²) in [5.74, 6) is -0.499. The molecule has 0 amide bonds. The van der Waals surface area contributed by atoms with Crippen molar-refractivity contribution in [2.24, 2.45) is 5.14 Å². The molecule has 0 bridgehead atoms. The Morgan fingerprint density at radius 1 is 1.26 bits per heavy atom. The summed E-state index contributed by atoms with van der Waals surface area (Å²) in [6.45, 7) is 1.33. The van der Waals surface area contributed by atoms with E-state index in [4.69, 9.17) is 22.5 Å². The molecule has 108 valence electrons. The third kappa shape index (κ3) is 4.62.